The van der Waals surface area contributed by atoms with E-state index in [4.69, 9.17) is 10.2 Å². The smallest absolute Gasteiger partial charge is 0.326 e. The van der Waals surface area contributed by atoms with E-state index in [0.717, 1.165) is 0 Å². The third kappa shape index (κ3) is 5.25. The fourth-order valence-electron chi connectivity index (χ4n) is 1.98. The first-order valence-electron chi connectivity index (χ1n) is 6.44. The van der Waals surface area contributed by atoms with Gasteiger partial charge in [0.25, 0.3) is 0 Å². The molecule has 8 heteroatoms. The molecule has 112 valence electrons. The van der Waals surface area contributed by atoms with Gasteiger partial charge in [-0.2, -0.15) is 0 Å². The van der Waals surface area contributed by atoms with Crippen molar-refractivity contribution in [2.75, 3.05) is 0 Å². The molecule has 0 saturated carbocycles. The summed E-state index contributed by atoms with van der Waals surface area (Å²) in [6.07, 6.45) is 3.40. The molecule has 0 aromatic rings. The molecule has 0 unspecified atom stereocenters. The second-order valence-corrected chi connectivity index (χ2v) is 4.70. The van der Waals surface area contributed by atoms with E-state index in [0.29, 0.717) is 38.5 Å². The molecule has 2 heterocycles. The number of nitrogens with one attached hydrogen (secondary N) is 2. The van der Waals surface area contributed by atoms with Gasteiger partial charge in [-0.3, -0.25) is 9.59 Å². The lowest BCUT2D eigenvalue weighted by molar-refractivity contribution is -0.143. The topological polar surface area (TPSA) is 133 Å². The molecular weight excluding hydrogens is 268 g/mol. The van der Waals surface area contributed by atoms with Gasteiger partial charge in [0, 0.05) is 12.8 Å². The van der Waals surface area contributed by atoms with Gasteiger partial charge in [-0.15, -0.1) is 0 Å². The Morgan fingerprint density at radius 2 is 1.20 bits per heavy atom. The minimum absolute atomic E-state index is 0.154. The normalized spacial score (nSPS) is 25.6. The average molecular weight is 286 g/mol. The Hall–Kier alpha value is -2.12. The van der Waals surface area contributed by atoms with Crippen molar-refractivity contribution in [3.05, 3.63) is 0 Å². The van der Waals surface area contributed by atoms with Gasteiger partial charge < -0.3 is 20.8 Å². The van der Waals surface area contributed by atoms with Crippen LogP contribution < -0.4 is 10.6 Å². The van der Waals surface area contributed by atoms with Crippen molar-refractivity contribution >= 4 is 23.8 Å². The predicted octanol–water partition coefficient (Wildman–Crippen LogP) is -0.521. The number of carboxylic acids is 2. The molecule has 2 amide bonds. The van der Waals surface area contributed by atoms with E-state index in [2.05, 4.69) is 10.6 Å². The molecule has 20 heavy (non-hydrogen) atoms. The summed E-state index contributed by atoms with van der Waals surface area (Å²) < 4.78 is 0. The molecule has 0 aliphatic carbocycles. The first kappa shape index (κ1) is 15.9. The van der Waals surface area contributed by atoms with Crippen molar-refractivity contribution < 1.29 is 29.4 Å². The van der Waals surface area contributed by atoms with Gasteiger partial charge >= 0.3 is 11.9 Å². The van der Waals surface area contributed by atoms with Gasteiger partial charge in [-0.05, 0) is 25.7 Å². The standard InChI is InChI=1S/2C6H9NO3/c2*8-5-3-1-2-4(7-5)6(9)10/h2*4H,1-3H2,(H,7,8)(H,9,10)/t2*4-/m00/s1. The second-order valence-electron chi connectivity index (χ2n) is 4.70. The summed E-state index contributed by atoms with van der Waals surface area (Å²) in [6.45, 7) is 0. The zero-order chi connectivity index (χ0) is 15.1. The van der Waals surface area contributed by atoms with Crippen molar-refractivity contribution in [3.63, 3.8) is 0 Å². The van der Waals surface area contributed by atoms with Crippen molar-refractivity contribution in [1.82, 2.24) is 10.6 Å². The molecule has 8 nitrogen and oxygen atoms in total. The molecule has 2 fully saturated rings. The maximum Gasteiger partial charge on any atom is 0.326 e. The lowest BCUT2D eigenvalue weighted by Gasteiger charge is -2.18. The number of carbonyl (C=O) groups is 4. The van der Waals surface area contributed by atoms with E-state index in [9.17, 15) is 19.2 Å². The molecule has 2 aliphatic heterocycles. The Bertz CT molecular complexity index is 367. The molecule has 4 N–H and O–H groups in total. The fraction of sp³-hybridized carbons (Fsp3) is 0.667. The van der Waals surface area contributed by atoms with Gasteiger partial charge in [-0.25, -0.2) is 9.59 Å². The lowest BCUT2D eigenvalue weighted by atomic mass is 10.1. The van der Waals surface area contributed by atoms with Crippen molar-refractivity contribution in [3.8, 4) is 0 Å². The zero-order valence-corrected chi connectivity index (χ0v) is 10.9. The van der Waals surface area contributed by atoms with Crippen LogP contribution in [-0.2, 0) is 19.2 Å². The van der Waals surface area contributed by atoms with Crippen LogP contribution in [0, 0.1) is 0 Å². The van der Waals surface area contributed by atoms with Gasteiger partial charge in [-0.1, -0.05) is 0 Å². The number of carbonyl (C=O) groups excluding carboxylic acids is 2. The third-order valence-electron chi connectivity index (χ3n) is 3.06. The van der Waals surface area contributed by atoms with Crippen LogP contribution in [0.4, 0.5) is 0 Å². The SMILES string of the molecule is O=C1CCC[C@@H](C(=O)O)N1.O=C1CCC[C@@H](C(=O)O)N1. The van der Waals surface area contributed by atoms with Crippen LogP contribution >= 0.6 is 0 Å². The average Bonchev–Trinajstić information content (AvgIpc) is 2.39. The maximum absolute atomic E-state index is 10.6. The van der Waals surface area contributed by atoms with Crippen LogP contribution in [0.3, 0.4) is 0 Å². The van der Waals surface area contributed by atoms with Crippen LogP contribution in [0.5, 0.6) is 0 Å². The molecule has 2 aliphatic rings. The van der Waals surface area contributed by atoms with Crippen molar-refractivity contribution in [2.45, 2.75) is 50.6 Å². The second kappa shape index (κ2) is 7.46. The molecule has 0 radical (unpaired) electrons. The van der Waals surface area contributed by atoms with E-state index in [1.165, 1.54) is 0 Å². The summed E-state index contributed by atoms with van der Waals surface area (Å²) in [5.41, 5.74) is 0. The zero-order valence-electron chi connectivity index (χ0n) is 10.9. The van der Waals surface area contributed by atoms with Crippen molar-refractivity contribution in [2.24, 2.45) is 0 Å². The third-order valence-corrected chi connectivity index (χ3v) is 3.06. The molecule has 0 aromatic heterocycles. The number of rotatable bonds is 2. The molecule has 0 bridgehead atoms. The highest BCUT2D eigenvalue weighted by atomic mass is 16.4. The minimum Gasteiger partial charge on any atom is -0.480 e. The highest BCUT2D eigenvalue weighted by molar-refractivity contribution is 5.85. The minimum atomic E-state index is -0.937. The van der Waals surface area contributed by atoms with E-state index in [1.54, 1.807) is 0 Å². The first-order chi connectivity index (χ1) is 9.40. The van der Waals surface area contributed by atoms with E-state index in [1.807, 2.05) is 0 Å². The Labute approximate surface area is 115 Å². The number of hydrogen-bond acceptors (Lipinski definition) is 4. The molecule has 2 atom stereocenters. The van der Waals surface area contributed by atoms with E-state index < -0.39 is 24.0 Å². The van der Waals surface area contributed by atoms with Gasteiger partial charge in [0.1, 0.15) is 12.1 Å². The first-order valence-corrected chi connectivity index (χ1v) is 6.44. The Morgan fingerprint density at radius 3 is 1.40 bits per heavy atom. The molecule has 0 spiro atoms. The summed E-state index contributed by atoms with van der Waals surface area (Å²) >= 11 is 0. The summed E-state index contributed by atoms with van der Waals surface area (Å²) in [6, 6.07) is -1.30. The highest BCUT2D eigenvalue weighted by Crippen LogP contribution is 2.08. The molecule has 2 rings (SSSR count). The summed E-state index contributed by atoms with van der Waals surface area (Å²) in [5.74, 6) is -2.18. The lowest BCUT2D eigenvalue weighted by Crippen LogP contribution is -2.43. The van der Waals surface area contributed by atoms with Crippen LogP contribution in [0.15, 0.2) is 0 Å². The van der Waals surface area contributed by atoms with Crippen LogP contribution in [0.2, 0.25) is 0 Å². The van der Waals surface area contributed by atoms with E-state index >= 15 is 0 Å². The number of carboxylic acid groups (broad SMARTS) is 2. The Balaban J connectivity index is 0.000000200. The quantitative estimate of drug-likeness (QED) is 0.540. The van der Waals surface area contributed by atoms with Gasteiger partial charge in [0.2, 0.25) is 11.8 Å². The van der Waals surface area contributed by atoms with Crippen LogP contribution in [0.1, 0.15) is 38.5 Å². The molecular formula is C12H18N2O6. The summed E-state index contributed by atoms with van der Waals surface area (Å²) in [5, 5.41) is 21.6. The number of piperidine rings is 2. The van der Waals surface area contributed by atoms with Crippen molar-refractivity contribution in [1.29, 1.82) is 0 Å². The fourth-order valence-corrected chi connectivity index (χ4v) is 1.98. The molecule has 0 aromatic carbocycles. The van der Waals surface area contributed by atoms with Crippen LogP contribution in [0.25, 0.3) is 0 Å². The maximum atomic E-state index is 10.6. The molecule has 2 saturated heterocycles. The summed E-state index contributed by atoms with van der Waals surface area (Å²) in [4.78, 5) is 41.8. The predicted molar refractivity (Wildman–Crippen MR) is 66.8 cm³/mol. The summed E-state index contributed by atoms with van der Waals surface area (Å²) in [7, 11) is 0. The monoisotopic (exact) mass is 286 g/mol. The van der Waals surface area contributed by atoms with Gasteiger partial charge in [0.05, 0.1) is 0 Å². The number of aliphatic carboxylic acids is 2. The van der Waals surface area contributed by atoms with Gasteiger partial charge in [0.15, 0.2) is 0 Å². The number of amides is 2. The van der Waals surface area contributed by atoms with E-state index in [-0.39, 0.29) is 11.8 Å². The number of hydrogen-bond donors (Lipinski definition) is 4. The largest absolute Gasteiger partial charge is 0.480 e. The Morgan fingerprint density at radius 1 is 0.850 bits per heavy atom. The highest BCUT2D eigenvalue weighted by Gasteiger charge is 2.24. The van der Waals surface area contributed by atoms with Crippen LogP contribution in [-0.4, -0.2) is 46.0 Å². The Kier molecular flexibility index (Phi) is 5.95.